The maximum atomic E-state index is 6.28. The van der Waals surface area contributed by atoms with E-state index in [9.17, 15) is 0 Å². The standard InChI is InChI=1S/C15H18N2/c16-15-7-2-1-5-13(15)12-6-3-4-11-8-9-17-10-14(11)12/h3-4,6,8-10,13,15H,1-2,5,7,16H2. The fourth-order valence-electron chi connectivity index (χ4n) is 3.01. The zero-order chi connectivity index (χ0) is 11.7. The van der Waals surface area contributed by atoms with Gasteiger partial charge in [0.2, 0.25) is 0 Å². The first-order chi connectivity index (χ1) is 8.36. The second-order valence-corrected chi connectivity index (χ2v) is 5.00. The quantitative estimate of drug-likeness (QED) is 0.811. The Morgan fingerprint density at radius 2 is 2.00 bits per heavy atom. The summed E-state index contributed by atoms with van der Waals surface area (Å²) in [7, 11) is 0. The molecule has 17 heavy (non-hydrogen) atoms. The smallest absolute Gasteiger partial charge is 0.0349 e. The van der Waals surface area contributed by atoms with Gasteiger partial charge in [0, 0.05) is 23.8 Å². The molecule has 0 radical (unpaired) electrons. The highest BCUT2D eigenvalue weighted by atomic mass is 14.7. The molecule has 0 spiro atoms. The van der Waals surface area contributed by atoms with E-state index in [0.717, 1.165) is 6.42 Å². The van der Waals surface area contributed by atoms with Gasteiger partial charge in [-0.15, -0.1) is 0 Å². The van der Waals surface area contributed by atoms with Crippen molar-refractivity contribution >= 4 is 10.8 Å². The van der Waals surface area contributed by atoms with E-state index >= 15 is 0 Å². The van der Waals surface area contributed by atoms with Crippen LogP contribution in [0.15, 0.2) is 36.7 Å². The molecule has 1 aromatic heterocycles. The summed E-state index contributed by atoms with van der Waals surface area (Å²) in [6.07, 6.45) is 8.78. The van der Waals surface area contributed by atoms with Crippen LogP contribution in [0.4, 0.5) is 0 Å². The number of fused-ring (bicyclic) bond motifs is 1. The molecule has 1 heterocycles. The molecule has 0 saturated heterocycles. The van der Waals surface area contributed by atoms with Crippen LogP contribution in [0, 0.1) is 0 Å². The Kier molecular flexibility index (Phi) is 2.81. The van der Waals surface area contributed by atoms with E-state index in [-0.39, 0.29) is 0 Å². The summed E-state index contributed by atoms with van der Waals surface area (Å²) in [6, 6.07) is 8.90. The second-order valence-electron chi connectivity index (χ2n) is 5.00. The van der Waals surface area contributed by atoms with E-state index in [1.807, 2.05) is 12.4 Å². The molecule has 2 heteroatoms. The Morgan fingerprint density at radius 1 is 1.12 bits per heavy atom. The van der Waals surface area contributed by atoms with Crippen LogP contribution >= 0.6 is 0 Å². The van der Waals surface area contributed by atoms with Crippen LogP contribution in [0.1, 0.15) is 37.2 Å². The molecule has 88 valence electrons. The molecule has 2 unspecified atom stereocenters. The fourth-order valence-corrected chi connectivity index (χ4v) is 3.01. The molecule has 2 atom stereocenters. The topological polar surface area (TPSA) is 38.9 Å². The predicted octanol–water partition coefficient (Wildman–Crippen LogP) is 3.22. The zero-order valence-electron chi connectivity index (χ0n) is 9.97. The maximum absolute atomic E-state index is 6.28. The van der Waals surface area contributed by atoms with Crippen LogP contribution in [0.2, 0.25) is 0 Å². The van der Waals surface area contributed by atoms with Crippen molar-refractivity contribution in [3.05, 3.63) is 42.2 Å². The molecule has 0 aliphatic heterocycles. The highest BCUT2D eigenvalue weighted by Crippen LogP contribution is 2.35. The SMILES string of the molecule is NC1CCCCC1c1cccc2ccncc12. The number of hydrogen-bond donors (Lipinski definition) is 1. The number of hydrogen-bond acceptors (Lipinski definition) is 2. The average Bonchev–Trinajstić information content (AvgIpc) is 2.39. The Labute approximate surface area is 102 Å². The van der Waals surface area contributed by atoms with Gasteiger partial charge in [0.15, 0.2) is 0 Å². The van der Waals surface area contributed by atoms with Gasteiger partial charge in [0.25, 0.3) is 0 Å². The van der Waals surface area contributed by atoms with Crippen molar-refractivity contribution in [2.24, 2.45) is 5.73 Å². The largest absolute Gasteiger partial charge is 0.327 e. The lowest BCUT2D eigenvalue weighted by Gasteiger charge is -2.29. The van der Waals surface area contributed by atoms with E-state index in [1.54, 1.807) is 0 Å². The van der Waals surface area contributed by atoms with Crippen LogP contribution in [-0.2, 0) is 0 Å². The maximum Gasteiger partial charge on any atom is 0.0349 e. The molecule has 3 rings (SSSR count). The summed E-state index contributed by atoms with van der Waals surface area (Å²) in [6.45, 7) is 0. The Hall–Kier alpha value is -1.41. The molecule has 1 saturated carbocycles. The van der Waals surface area contributed by atoms with Crippen molar-refractivity contribution in [2.75, 3.05) is 0 Å². The molecule has 1 aliphatic carbocycles. The first kappa shape index (κ1) is 10.7. The van der Waals surface area contributed by atoms with Crippen molar-refractivity contribution in [2.45, 2.75) is 37.6 Å². The number of rotatable bonds is 1. The van der Waals surface area contributed by atoms with Gasteiger partial charge in [0.05, 0.1) is 0 Å². The summed E-state index contributed by atoms with van der Waals surface area (Å²) >= 11 is 0. The summed E-state index contributed by atoms with van der Waals surface area (Å²) < 4.78 is 0. The average molecular weight is 226 g/mol. The molecule has 1 fully saturated rings. The van der Waals surface area contributed by atoms with Gasteiger partial charge in [-0.2, -0.15) is 0 Å². The van der Waals surface area contributed by atoms with Crippen molar-refractivity contribution in [3.8, 4) is 0 Å². The Morgan fingerprint density at radius 3 is 2.88 bits per heavy atom. The van der Waals surface area contributed by atoms with Crippen molar-refractivity contribution in [1.82, 2.24) is 4.98 Å². The first-order valence-electron chi connectivity index (χ1n) is 6.44. The van der Waals surface area contributed by atoms with Gasteiger partial charge in [-0.05, 0) is 35.8 Å². The molecule has 0 bridgehead atoms. The molecule has 2 N–H and O–H groups in total. The monoisotopic (exact) mass is 226 g/mol. The molecule has 0 amide bonds. The van der Waals surface area contributed by atoms with Crippen molar-refractivity contribution in [3.63, 3.8) is 0 Å². The van der Waals surface area contributed by atoms with Gasteiger partial charge in [-0.1, -0.05) is 31.0 Å². The van der Waals surface area contributed by atoms with Crippen LogP contribution in [0.25, 0.3) is 10.8 Å². The first-order valence-corrected chi connectivity index (χ1v) is 6.44. The van der Waals surface area contributed by atoms with Gasteiger partial charge in [-0.3, -0.25) is 4.98 Å². The van der Waals surface area contributed by atoms with Gasteiger partial charge < -0.3 is 5.73 Å². The van der Waals surface area contributed by atoms with E-state index < -0.39 is 0 Å². The molecule has 2 aromatic rings. The minimum atomic E-state index is 0.314. The lowest BCUT2D eigenvalue weighted by atomic mass is 9.79. The van der Waals surface area contributed by atoms with Gasteiger partial charge >= 0.3 is 0 Å². The predicted molar refractivity (Wildman–Crippen MR) is 70.9 cm³/mol. The summed E-state index contributed by atoms with van der Waals surface area (Å²) in [5, 5.41) is 2.55. The van der Waals surface area contributed by atoms with E-state index in [1.165, 1.54) is 35.6 Å². The Balaban J connectivity index is 2.10. The lowest BCUT2D eigenvalue weighted by molar-refractivity contribution is 0.387. The second kappa shape index (κ2) is 4.46. The molecular formula is C15H18N2. The molecule has 2 nitrogen and oxygen atoms in total. The summed E-state index contributed by atoms with van der Waals surface area (Å²) in [4.78, 5) is 4.25. The van der Waals surface area contributed by atoms with E-state index in [4.69, 9.17) is 5.73 Å². The minimum absolute atomic E-state index is 0.314. The number of nitrogens with two attached hydrogens (primary N) is 1. The van der Waals surface area contributed by atoms with Crippen molar-refractivity contribution < 1.29 is 0 Å². The lowest BCUT2D eigenvalue weighted by Crippen LogP contribution is -2.31. The normalized spacial score (nSPS) is 25.0. The molecule has 1 aliphatic rings. The third-order valence-electron chi connectivity index (χ3n) is 3.94. The summed E-state index contributed by atoms with van der Waals surface area (Å²) in [5.74, 6) is 0.511. The van der Waals surface area contributed by atoms with E-state index in [0.29, 0.717) is 12.0 Å². The third-order valence-corrected chi connectivity index (χ3v) is 3.94. The van der Waals surface area contributed by atoms with Crippen LogP contribution < -0.4 is 5.73 Å². The summed E-state index contributed by atoms with van der Waals surface area (Å²) in [5.41, 5.74) is 7.67. The minimum Gasteiger partial charge on any atom is -0.327 e. The Bertz CT molecular complexity index is 516. The number of benzene rings is 1. The van der Waals surface area contributed by atoms with Crippen molar-refractivity contribution in [1.29, 1.82) is 0 Å². The number of aromatic nitrogens is 1. The van der Waals surface area contributed by atoms with Crippen LogP contribution in [0.5, 0.6) is 0 Å². The van der Waals surface area contributed by atoms with E-state index in [2.05, 4.69) is 29.2 Å². The fraction of sp³-hybridized carbons (Fsp3) is 0.400. The molecular weight excluding hydrogens is 208 g/mol. The van der Waals surface area contributed by atoms with Crippen LogP contribution in [-0.4, -0.2) is 11.0 Å². The van der Waals surface area contributed by atoms with Gasteiger partial charge in [0.1, 0.15) is 0 Å². The number of pyridine rings is 1. The van der Waals surface area contributed by atoms with Crippen LogP contribution in [0.3, 0.4) is 0 Å². The molecule has 1 aromatic carbocycles. The zero-order valence-corrected chi connectivity index (χ0v) is 9.97. The highest BCUT2D eigenvalue weighted by Gasteiger charge is 2.24. The van der Waals surface area contributed by atoms with Gasteiger partial charge in [-0.25, -0.2) is 0 Å². The highest BCUT2D eigenvalue weighted by molar-refractivity contribution is 5.85. The third kappa shape index (κ3) is 1.93. The number of nitrogens with zero attached hydrogens (tertiary/aromatic N) is 1.